The Morgan fingerprint density at radius 3 is 2.59 bits per heavy atom. The molecule has 1 fully saturated rings. The Balaban J connectivity index is 2.18. The molecule has 1 unspecified atom stereocenters. The van der Waals surface area contributed by atoms with Crippen molar-refractivity contribution in [2.75, 3.05) is 6.61 Å². The van der Waals surface area contributed by atoms with E-state index in [1.54, 1.807) is 4.90 Å². The lowest BCUT2D eigenvalue weighted by molar-refractivity contribution is 0.0481. The number of rotatable bonds is 3. The van der Waals surface area contributed by atoms with Crippen molar-refractivity contribution in [2.45, 2.75) is 32.0 Å². The Morgan fingerprint density at radius 1 is 1.35 bits per heavy atom. The number of aliphatic hydroxyl groups is 1. The lowest BCUT2D eigenvalue weighted by Crippen LogP contribution is -2.43. The van der Waals surface area contributed by atoms with Crippen molar-refractivity contribution >= 4 is 6.09 Å². The van der Waals surface area contributed by atoms with Crippen LogP contribution in [0.4, 0.5) is 4.79 Å². The molecule has 1 amide bonds. The van der Waals surface area contributed by atoms with Crippen LogP contribution >= 0.6 is 0 Å². The van der Waals surface area contributed by atoms with E-state index in [2.05, 4.69) is 0 Å². The highest BCUT2D eigenvalue weighted by atomic mass is 16.6. The Kier molecular flexibility index (Phi) is 3.07. The summed E-state index contributed by atoms with van der Waals surface area (Å²) in [6, 6.07) is 9.39. The van der Waals surface area contributed by atoms with Gasteiger partial charge in [-0.25, -0.2) is 4.79 Å². The number of aliphatic hydroxyl groups excluding tert-OH is 1. The molecule has 1 aliphatic rings. The van der Waals surface area contributed by atoms with Gasteiger partial charge in [0.05, 0.1) is 12.6 Å². The molecule has 1 aromatic carbocycles. The van der Waals surface area contributed by atoms with Crippen molar-refractivity contribution < 1.29 is 14.6 Å². The van der Waals surface area contributed by atoms with Gasteiger partial charge in [0, 0.05) is 6.54 Å². The van der Waals surface area contributed by atoms with Crippen molar-refractivity contribution in [3.63, 3.8) is 0 Å². The zero-order valence-electron chi connectivity index (χ0n) is 10.1. The van der Waals surface area contributed by atoms with E-state index >= 15 is 0 Å². The molecule has 0 aliphatic carbocycles. The fourth-order valence-electron chi connectivity index (χ4n) is 2.13. The quantitative estimate of drug-likeness (QED) is 0.868. The van der Waals surface area contributed by atoms with Crippen molar-refractivity contribution in [3.05, 3.63) is 35.9 Å². The Hall–Kier alpha value is -1.55. The maximum absolute atomic E-state index is 11.8. The third-order valence-electron chi connectivity index (χ3n) is 3.13. The predicted molar refractivity (Wildman–Crippen MR) is 63.4 cm³/mol. The third-order valence-corrected chi connectivity index (χ3v) is 3.13. The van der Waals surface area contributed by atoms with Crippen molar-refractivity contribution in [3.8, 4) is 0 Å². The molecule has 1 N–H and O–H groups in total. The monoisotopic (exact) mass is 235 g/mol. The van der Waals surface area contributed by atoms with E-state index in [1.165, 1.54) is 0 Å². The maximum Gasteiger partial charge on any atom is 0.411 e. The lowest BCUT2D eigenvalue weighted by atomic mass is 9.99. The molecule has 0 aromatic heterocycles. The molecule has 92 valence electrons. The average Bonchev–Trinajstić information content (AvgIpc) is 2.49. The molecule has 0 radical (unpaired) electrons. The van der Waals surface area contributed by atoms with Crippen LogP contribution in [0.25, 0.3) is 0 Å². The second-order valence-corrected chi connectivity index (χ2v) is 4.78. The van der Waals surface area contributed by atoms with Crippen LogP contribution in [-0.2, 0) is 11.3 Å². The van der Waals surface area contributed by atoms with Crippen LogP contribution in [0, 0.1) is 0 Å². The summed E-state index contributed by atoms with van der Waals surface area (Å²) in [5, 5.41) is 9.39. The number of carbonyl (C=O) groups is 1. The number of carbonyl (C=O) groups excluding carboxylic acids is 1. The molecule has 0 spiro atoms. The second kappa shape index (κ2) is 4.37. The first-order chi connectivity index (χ1) is 8.04. The van der Waals surface area contributed by atoms with Crippen LogP contribution in [0.5, 0.6) is 0 Å². The maximum atomic E-state index is 11.8. The summed E-state index contributed by atoms with van der Waals surface area (Å²) in [5.74, 6) is 0. The van der Waals surface area contributed by atoms with Gasteiger partial charge in [-0.2, -0.15) is 0 Å². The van der Waals surface area contributed by atoms with Gasteiger partial charge in [-0.1, -0.05) is 30.3 Å². The van der Waals surface area contributed by atoms with Gasteiger partial charge in [0.25, 0.3) is 0 Å². The molecule has 1 aliphatic heterocycles. The normalized spacial score (nSPS) is 22.6. The molecular weight excluding hydrogens is 218 g/mol. The molecular formula is C13H17NO3. The van der Waals surface area contributed by atoms with Crippen LogP contribution in [0.2, 0.25) is 0 Å². The zero-order chi connectivity index (χ0) is 12.5. The van der Waals surface area contributed by atoms with Crippen LogP contribution in [0.1, 0.15) is 19.4 Å². The van der Waals surface area contributed by atoms with Crippen molar-refractivity contribution in [2.24, 2.45) is 0 Å². The van der Waals surface area contributed by atoms with Gasteiger partial charge >= 0.3 is 6.09 Å². The number of hydrogen-bond acceptors (Lipinski definition) is 3. The van der Waals surface area contributed by atoms with Crippen LogP contribution in [0.3, 0.4) is 0 Å². The van der Waals surface area contributed by atoms with Gasteiger partial charge < -0.3 is 9.84 Å². The number of nitrogens with zero attached hydrogens (tertiary/aromatic N) is 1. The number of hydrogen-bond donors (Lipinski definition) is 1. The van der Waals surface area contributed by atoms with Crippen LogP contribution < -0.4 is 0 Å². The van der Waals surface area contributed by atoms with E-state index in [9.17, 15) is 9.90 Å². The summed E-state index contributed by atoms with van der Waals surface area (Å²) < 4.78 is 5.26. The summed E-state index contributed by atoms with van der Waals surface area (Å²) in [6.45, 7) is 4.01. The SMILES string of the molecule is CC1(C)OC(=O)N(Cc2ccccc2)C1CO. The first-order valence-electron chi connectivity index (χ1n) is 5.69. The minimum absolute atomic E-state index is 0.0917. The van der Waals surface area contributed by atoms with E-state index in [1.807, 2.05) is 44.2 Å². The summed E-state index contributed by atoms with van der Waals surface area (Å²) in [6.07, 6.45) is -0.363. The molecule has 1 heterocycles. The number of amides is 1. The molecule has 4 heteroatoms. The number of ether oxygens (including phenoxy) is 1. The zero-order valence-corrected chi connectivity index (χ0v) is 10.1. The van der Waals surface area contributed by atoms with Gasteiger partial charge in [0.2, 0.25) is 0 Å². The highest BCUT2D eigenvalue weighted by Gasteiger charge is 2.47. The molecule has 0 saturated carbocycles. The first kappa shape index (κ1) is 11.9. The number of benzene rings is 1. The molecule has 1 atom stereocenters. The van der Waals surface area contributed by atoms with Crippen molar-refractivity contribution in [1.82, 2.24) is 4.90 Å². The van der Waals surface area contributed by atoms with E-state index in [0.717, 1.165) is 5.56 Å². The first-order valence-corrected chi connectivity index (χ1v) is 5.69. The molecule has 1 aromatic rings. The van der Waals surface area contributed by atoms with Gasteiger partial charge in [-0.3, -0.25) is 4.90 Å². The van der Waals surface area contributed by atoms with Gasteiger partial charge in [-0.05, 0) is 19.4 Å². The van der Waals surface area contributed by atoms with Crippen LogP contribution in [-0.4, -0.2) is 34.3 Å². The summed E-state index contributed by atoms with van der Waals surface area (Å²) in [7, 11) is 0. The molecule has 4 nitrogen and oxygen atoms in total. The standard InChI is InChI=1S/C13H17NO3/c1-13(2)11(9-15)14(12(16)17-13)8-10-6-4-3-5-7-10/h3-7,11,15H,8-9H2,1-2H3. The van der Waals surface area contributed by atoms with E-state index in [0.29, 0.717) is 6.54 Å². The second-order valence-electron chi connectivity index (χ2n) is 4.78. The third kappa shape index (κ3) is 2.26. The summed E-state index contributed by atoms with van der Waals surface area (Å²) in [5.41, 5.74) is 0.390. The Bertz CT molecular complexity index is 402. The number of cyclic esters (lactones) is 1. The smallest absolute Gasteiger partial charge is 0.411 e. The van der Waals surface area contributed by atoms with E-state index in [-0.39, 0.29) is 18.7 Å². The minimum atomic E-state index is -0.638. The topological polar surface area (TPSA) is 49.8 Å². The minimum Gasteiger partial charge on any atom is -0.441 e. The fraction of sp³-hybridized carbons (Fsp3) is 0.462. The summed E-state index contributed by atoms with van der Waals surface area (Å²) in [4.78, 5) is 13.3. The lowest BCUT2D eigenvalue weighted by Gasteiger charge is -2.26. The Morgan fingerprint density at radius 2 is 2.00 bits per heavy atom. The average molecular weight is 235 g/mol. The van der Waals surface area contributed by atoms with E-state index < -0.39 is 5.60 Å². The van der Waals surface area contributed by atoms with Gasteiger partial charge in [0.15, 0.2) is 0 Å². The molecule has 0 bridgehead atoms. The van der Waals surface area contributed by atoms with Gasteiger partial charge in [0.1, 0.15) is 5.60 Å². The van der Waals surface area contributed by atoms with E-state index in [4.69, 9.17) is 4.74 Å². The summed E-state index contributed by atoms with van der Waals surface area (Å²) >= 11 is 0. The molecule has 17 heavy (non-hydrogen) atoms. The van der Waals surface area contributed by atoms with Gasteiger partial charge in [-0.15, -0.1) is 0 Å². The highest BCUT2D eigenvalue weighted by Crippen LogP contribution is 2.30. The molecule has 2 rings (SSSR count). The Labute approximate surface area is 101 Å². The molecule has 1 saturated heterocycles. The predicted octanol–water partition coefficient (Wildman–Crippen LogP) is 1.78. The highest BCUT2D eigenvalue weighted by molar-refractivity contribution is 5.71. The van der Waals surface area contributed by atoms with Crippen molar-refractivity contribution in [1.29, 1.82) is 0 Å². The fourth-order valence-corrected chi connectivity index (χ4v) is 2.13. The largest absolute Gasteiger partial charge is 0.441 e. The van der Waals surface area contributed by atoms with Crippen LogP contribution in [0.15, 0.2) is 30.3 Å².